The van der Waals surface area contributed by atoms with Gasteiger partial charge in [-0.15, -0.1) is 0 Å². The predicted octanol–water partition coefficient (Wildman–Crippen LogP) is 2.94. The highest BCUT2D eigenvalue weighted by Gasteiger charge is 2.14. The molecule has 6 nitrogen and oxygen atoms in total. The van der Waals surface area contributed by atoms with E-state index in [1.54, 1.807) is 42.3 Å². The Balaban J connectivity index is 1.85. The van der Waals surface area contributed by atoms with Gasteiger partial charge in [0.15, 0.2) is 5.76 Å². The fourth-order valence-electron chi connectivity index (χ4n) is 2.27. The summed E-state index contributed by atoms with van der Waals surface area (Å²) < 4.78 is 6.98. The molecule has 0 unspecified atom stereocenters. The molecule has 1 amide bonds. The first-order valence-electron chi connectivity index (χ1n) is 6.87. The summed E-state index contributed by atoms with van der Waals surface area (Å²) in [4.78, 5) is 16.8. The van der Waals surface area contributed by atoms with Crippen LogP contribution in [0.4, 0.5) is 5.69 Å². The predicted molar refractivity (Wildman–Crippen MR) is 82.6 cm³/mol. The number of amides is 1. The number of anilines is 1. The summed E-state index contributed by atoms with van der Waals surface area (Å²) in [5, 5.41) is 7.06. The largest absolute Gasteiger partial charge is 0.463 e. The van der Waals surface area contributed by atoms with Crippen LogP contribution in [0.1, 0.15) is 21.7 Å². The number of pyridine rings is 1. The number of furan rings is 1. The normalized spacial score (nSPS) is 10.7. The van der Waals surface area contributed by atoms with Crippen LogP contribution in [0, 0.1) is 13.8 Å². The van der Waals surface area contributed by atoms with Gasteiger partial charge in [0.2, 0.25) is 0 Å². The number of hydrogen-bond donors (Lipinski definition) is 1. The number of aryl methyl sites for hydroxylation is 3. The molecule has 112 valence electrons. The fraction of sp³-hybridized carbons (Fsp3) is 0.188. The van der Waals surface area contributed by atoms with Crippen LogP contribution in [0.3, 0.4) is 0 Å². The average molecular weight is 296 g/mol. The average Bonchev–Trinajstić information content (AvgIpc) is 3.09. The third-order valence-electron chi connectivity index (χ3n) is 3.37. The third-order valence-corrected chi connectivity index (χ3v) is 3.37. The van der Waals surface area contributed by atoms with Crippen LogP contribution in [0.15, 0.2) is 41.1 Å². The first-order valence-corrected chi connectivity index (χ1v) is 6.87. The lowest BCUT2D eigenvalue weighted by Crippen LogP contribution is -2.14. The lowest BCUT2D eigenvalue weighted by molar-refractivity contribution is 0.102. The molecule has 3 aromatic rings. The Bertz CT molecular complexity index is 819. The van der Waals surface area contributed by atoms with Gasteiger partial charge in [0, 0.05) is 13.2 Å². The lowest BCUT2D eigenvalue weighted by atomic mass is 10.1. The summed E-state index contributed by atoms with van der Waals surface area (Å²) in [6.45, 7) is 3.65. The highest BCUT2D eigenvalue weighted by atomic mass is 16.3. The maximum atomic E-state index is 12.4. The van der Waals surface area contributed by atoms with Crippen molar-refractivity contribution in [1.29, 1.82) is 0 Å². The molecule has 3 rings (SSSR count). The SMILES string of the molecule is Cc1nn(C)cc1NC(=O)c1ccc(-c2ccco2)nc1C. The molecule has 0 aromatic carbocycles. The molecule has 22 heavy (non-hydrogen) atoms. The van der Waals surface area contributed by atoms with E-state index in [2.05, 4.69) is 15.4 Å². The van der Waals surface area contributed by atoms with Crippen LogP contribution in [0.25, 0.3) is 11.5 Å². The van der Waals surface area contributed by atoms with Gasteiger partial charge in [-0.05, 0) is 38.1 Å². The van der Waals surface area contributed by atoms with Gasteiger partial charge in [-0.3, -0.25) is 9.48 Å². The van der Waals surface area contributed by atoms with Gasteiger partial charge in [-0.1, -0.05) is 0 Å². The monoisotopic (exact) mass is 296 g/mol. The summed E-state index contributed by atoms with van der Waals surface area (Å²) in [6.07, 6.45) is 3.37. The Morgan fingerprint density at radius 3 is 2.64 bits per heavy atom. The zero-order valence-electron chi connectivity index (χ0n) is 12.6. The van der Waals surface area contributed by atoms with E-state index < -0.39 is 0 Å². The molecule has 1 N–H and O–H groups in total. The van der Waals surface area contributed by atoms with Crippen molar-refractivity contribution < 1.29 is 9.21 Å². The first-order chi connectivity index (χ1) is 10.5. The van der Waals surface area contributed by atoms with Gasteiger partial charge in [-0.25, -0.2) is 4.98 Å². The number of aromatic nitrogens is 3. The summed E-state index contributed by atoms with van der Waals surface area (Å²) in [5.74, 6) is 0.477. The molecular formula is C16H16N4O2. The molecule has 6 heteroatoms. The summed E-state index contributed by atoms with van der Waals surface area (Å²) in [5.41, 5.74) is 3.35. The molecular weight excluding hydrogens is 280 g/mol. The van der Waals surface area contributed by atoms with E-state index in [-0.39, 0.29) is 5.91 Å². The van der Waals surface area contributed by atoms with Crippen LogP contribution < -0.4 is 5.32 Å². The third kappa shape index (κ3) is 2.63. The lowest BCUT2D eigenvalue weighted by Gasteiger charge is -2.07. The molecule has 0 aliphatic rings. The van der Waals surface area contributed by atoms with Crippen molar-refractivity contribution >= 4 is 11.6 Å². The zero-order chi connectivity index (χ0) is 15.7. The molecule has 0 atom stereocenters. The topological polar surface area (TPSA) is 73.0 Å². The Kier molecular flexibility index (Phi) is 3.50. The van der Waals surface area contributed by atoms with Gasteiger partial charge in [-0.2, -0.15) is 5.10 Å². The number of carbonyl (C=O) groups excluding carboxylic acids is 1. The second kappa shape index (κ2) is 5.48. The van der Waals surface area contributed by atoms with Crippen molar-refractivity contribution in [2.45, 2.75) is 13.8 Å². The Hall–Kier alpha value is -2.89. The molecule has 0 bridgehead atoms. The Labute approximate surface area is 127 Å². The molecule has 3 aromatic heterocycles. The van der Waals surface area contributed by atoms with E-state index in [0.29, 0.717) is 28.4 Å². The van der Waals surface area contributed by atoms with Crippen LogP contribution in [-0.2, 0) is 7.05 Å². The van der Waals surface area contributed by atoms with Gasteiger partial charge in [0.1, 0.15) is 5.69 Å². The van der Waals surface area contributed by atoms with Crippen molar-refractivity contribution in [3.8, 4) is 11.5 Å². The molecule has 0 saturated carbocycles. The molecule has 3 heterocycles. The molecule has 0 saturated heterocycles. The van der Waals surface area contributed by atoms with E-state index in [9.17, 15) is 4.79 Å². The van der Waals surface area contributed by atoms with Crippen LogP contribution in [0.5, 0.6) is 0 Å². The Morgan fingerprint density at radius 1 is 1.23 bits per heavy atom. The highest BCUT2D eigenvalue weighted by Crippen LogP contribution is 2.20. The number of nitrogens with one attached hydrogen (secondary N) is 1. The van der Waals surface area contributed by atoms with Crippen LogP contribution in [-0.4, -0.2) is 20.7 Å². The molecule has 0 radical (unpaired) electrons. The molecule has 0 aliphatic heterocycles. The smallest absolute Gasteiger partial charge is 0.257 e. The minimum absolute atomic E-state index is 0.202. The van der Waals surface area contributed by atoms with Crippen LogP contribution in [0.2, 0.25) is 0 Å². The van der Waals surface area contributed by atoms with Gasteiger partial charge in [0.05, 0.1) is 28.9 Å². The van der Waals surface area contributed by atoms with Crippen molar-refractivity contribution in [3.05, 3.63) is 53.7 Å². The number of nitrogens with zero attached hydrogens (tertiary/aromatic N) is 3. The maximum Gasteiger partial charge on any atom is 0.257 e. The Morgan fingerprint density at radius 2 is 2.05 bits per heavy atom. The molecule has 0 aliphatic carbocycles. The van der Waals surface area contributed by atoms with Gasteiger partial charge < -0.3 is 9.73 Å². The second-order valence-corrected chi connectivity index (χ2v) is 5.06. The van der Waals surface area contributed by atoms with E-state index in [1.165, 1.54) is 0 Å². The minimum atomic E-state index is -0.202. The highest BCUT2D eigenvalue weighted by molar-refractivity contribution is 6.05. The van der Waals surface area contributed by atoms with E-state index in [4.69, 9.17) is 4.42 Å². The van der Waals surface area contributed by atoms with E-state index in [0.717, 1.165) is 5.69 Å². The summed E-state index contributed by atoms with van der Waals surface area (Å²) >= 11 is 0. The quantitative estimate of drug-likeness (QED) is 0.806. The van der Waals surface area contributed by atoms with Crippen LogP contribution >= 0.6 is 0 Å². The maximum absolute atomic E-state index is 12.4. The second-order valence-electron chi connectivity index (χ2n) is 5.06. The number of hydrogen-bond acceptors (Lipinski definition) is 4. The van der Waals surface area contributed by atoms with E-state index >= 15 is 0 Å². The zero-order valence-corrected chi connectivity index (χ0v) is 12.6. The van der Waals surface area contributed by atoms with Crippen molar-refractivity contribution in [2.75, 3.05) is 5.32 Å². The van der Waals surface area contributed by atoms with Crippen molar-refractivity contribution in [3.63, 3.8) is 0 Å². The minimum Gasteiger partial charge on any atom is -0.463 e. The standard InChI is InChI=1S/C16H16N4O2/c1-10-12(6-7-13(17-10)15-5-4-8-22-15)16(21)18-14-9-20(3)19-11(14)2/h4-9H,1-3H3,(H,18,21). The van der Waals surface area contributed by atoms with Gasteiger partial charge >= 0.3 is 0 Å². The molecule has 0 spiro atoms. The van der Waals surface area contributed by atoms with Crippen molar-refractivity contribution in [2.24, 2.45) is 7.05 Å². The molecule has 0 fully saturated rings. The summed E-state index contributed by atoms with van der Waals surface area (Å²) in [7, 11) is 1.81. The number of carbonyl (C=O) groups is 1. The van der Waals surface area contributed by atoms with Crippen molar-refractivity contribution in [1.82, 2.24) is 14.8 Å². The van der Waals surface area contributed by atoms with Gasteiger partial charge in [0.25, 0.3) is 5.91 Å². The summed E-state index contributed by atoms with van der Waals surface area (Å²) in [6, 6.07) is 7.16. The van der Waals surface area contributed by atoms with E-state index in [1.807, 2.05) is 20.0 Å². The first kappa shape index (κ1) is 14.1. The fourth-order valence-corrected chi connectivity index (χ4v) is 2.27. The number of rotatable bonds is 3.